The van der Waals surface area contributed by atoms with Crippen LogP contribution in [0, 0.1) is 0 Å². The van der Waals surface area contributed by atoms with Crippen LogP contribution < -0.4 is 10.8 Å². The zero-order chi connectivity index (χ0) is 12.0. The number of aromatic nitrogens is 1. The van der Waals surface area contributed by atoms with Gasteiger partial charge in [0.15, 0.2) is 0 Å². The molecule has 1 unspecified atom stereocenters. The summed E-state index contributed by atoms with van der Waals surface area (Å²) in [6, 6.07) is 1.94. The summed E-state index contributed by atoms with van der Waals surface area (Å²) >= 11 is 0. The maximum absolute atomic E-state index is 5.97. The van der Waals surface area contributed by atoms with Crippen LogP contribution in [0.1, 0.15) is 27.7 Å². The molecule has 3 nitrogen and oxygen atoms in total. The Morgan fingerprint density at radius 1 is 1.19 bits per heavy atom. The fraction of sp³-hybridized carbons (Fsp3) is 0.545. The molecule has 0 bridgehead atoms. The van der Waals surface area contributed by atoms with Gasteiger partial charge in [-0.2, -0.15) is 0 Å². The van der Waals surface area contributed by atoms with Crippen LogP contribution >= 0.6 is 9.24 Å². The van der Waals surface area contributed by atoms with Crippen molar-refractivity contribution in [2.75, 3.05) is 0 Å². The van der Waals surface area contributed by atoms with Gasteiger partial charge in [0, 0.05) is 12.4 Å². The lowest BCUT2D eigenvalue weighted by Crippen LogP contribution is -2.41. The normalized spacial score (nSPS) is 22.4. The number of rotatable bonds is 1. The van der Waals surface area contributed by atoms with Crippen LogP contribution in [-0.2, 0) is 9.31 Å². The van der Waals surface area contributed by atoms with E-state index in [2.05, 4.69) is 41.9 Å². The number of pyridine rings is 1. The van der Waals surface area contributed by atoms with Crippen molar-refractivity contribution in [2.24, 2.45) is 0 Å². The summed E-state index contributed by atoms with van der Waals surface area (Å²) in [4.78, 5) is 4.06. The van der Waals surface area contributed by atoms with Gasteiger partial charge in [-0.15, -0.1) is 9.24 Å². The van der Waals surface area contributed by atoms with Gasteiger partial charge >= 0.3 is 7.12 Å². The molecule has 1 aliphatic rings. The Hall–Kier alpha value is -0.435. The Morgan fingerprint density at radius 2 is 1.75 bits per heavy atom. The minimum Gasteiger partial charge on any atom is -0.399 e. The first-order valence-corrected chi connectivity index (χ1v) is 5.96. The molecule has 1 aromatic rings. The van der Waals surface area contributed by atoms with Gasteiger partial charge < -0.3 is 9.31 Å². The SMILES string of the molecule is CC1(C)OB(c2ccncc2P)OC1(C)C. The van der Waals surface area contributed by atoms with Gasteiger partial charge in [-0.25, -0.2) is 0 Å². The minimum atomic E-state index is -0.305. The average Bonchev–Trinajstić information content (AvgIpc) is 2.36. The topological polar surface area (TPSA) is 31.4 Å². The van der Waals surface area contributed by atoms with Crippen molar-refractivity contribution in [1.82, 2.24) is 4.98 Å². The Labute approximate surface area is 99.3 Å². The second kappa shape index (κ2) is 3.80. The third-order valence-corrected chi connectivity index (χ3v) is 3.88. The molecule has 1 atom stereocenters. The fourth-order valence-electron chi connectivity index (χ4n) is 1.60. The van der Waals surface area contributed by atoms with Crippen molar-refractivity contribution in [3.05, 3.63) is 18.5 Å². The van der Waals surface area contributed by atoms with Gasteiger partial charge in [0.05, 0.1) is 11.2 Å². The lowest BCUT2D eigenvalue weighted by atomic mass is 9.80. The van der Waals surface area contributed by atoms with E-state index in [1.807, 2.05) is 6.07 Å². The first kappa shape index (κ1) is 12.0. The van der Waals surface area contributed by atoms with Crippen molar-refractivity contribution in [2.45, 2.75) is 38.9 Å². The van der Waals surface area contributed by atoms with Gasteiger partial charge in [0.25, 0.3) is 0 Å². The van der Waals surface area contributed by atoms with Crippen molar-refractivity contribution < 1.29 is 9.31 Å². The second-order valence-electron chi connectivity index (χ2n) is 5.09. The van der Waals surface area contributed by atoms with E-state index in [0.717, 1.165) is 10.8 Å². The first-order valence-electron chi connectivity index (χ1n) is 5.38. The molecular formula is C11H17BNO2P. The Kier molecular flexibility index (Phi) is 2.86. The highest BCUT2D eigenvalue weighted by Gasteiger charge is 2.52. The van der Waals surface area contributed by atoms with E-state index in [1.165, 1.54) is 0 Å². The lowest BCUT2D eigenvalue weighted by molar-refractivity contribution is 0.00578. The van der Waals surface area contributed by atoms with E-state index in [9.17, 15) is 0 Å². The molecule has 1 aromatic heterocycles. The van der Waals surface area contributed by atoms with Crippen molar-refractivity contribution in [1.29, 1.82) is 0 Å². The van der Waals surface area contributed by atoms with Crippen molar-refractivity contribution >= 4 is 27.1 Å². The molecule has 86 valence electrons. The zero-order valence-corrected chi connectivity index (χ0v) is 11.3. The molecular weight excluding hydrogens is 220 g/mol. The number of hydrogen-bond acceptors (Lipinski definition) is 3. The van der Waals surface area contributed by atoms with Gasteiger partial charge in [-0.3, -0.25) is 4.98 Å². The molecule has 0 N–H and O–H groups in total. The summed E-state index contributed by atoms with van der Waals surface area (Å²) in [6.45, 7) is 8.21. The van der Waals surface area contributed by atoms with Gasteiger partial charge in [-0.05, 0) is 44.5 Å². The molecule has 1 fully saturated rings. The van der Waals surface area contributed by atoms with Gasteiger partial charge in [0.1, 0.15) is 0 Å². The second-order valence-corrected chi connectivity index (χ2v) is 5.71. The predicted octanol–water partition coefficient (Wildman–Crippen LogP) is 0.881. The molecule has 0 radical (unpaired) electrons. The van der Waals surface area contributed by atoms with Crippen LogP contribution in [0.5, 0.6) is 0 Å². The molecule has 5 heteroatoms. The third kappa shape index (κ3) is 1.90. The standard InChI is InChI=1S/C11H17BNO2P/c1-10(2)11(3,4)15-12(14-10)8-5-6-13-7-9(8)16/h5-7H,16H2,1-4H3. The molecule has 2 rings (SSSR count). The summed E-state index contributed by atoms with van der Waals surface area (Å²) in [7, 11) is 2.36. The molecule has 0 amide bonds. The molecule has 0 saturated carbocycles. The Balaban J connectivity index is 2.31. The van der Waals surface area contributed by atoms with Crippen LogP contribution in [0.2, 0.25) is 0 Å². The lowest BCUT2D eigenvalue weighted by Gasteiger charge is -2.32. The average molecular weight is 237 g/mol. The largest absolute Gasteiger partial charge is 0.495 e. The Bertz CT molecular complexity index is 393. The van der Waals surface area contributed by atoms with E-state index in [0.29, 0.717) is 0 Å². The van der Waals surface area contributed by atoms with Crippen molar-refractivity contribution in [3.8, 4) is 0 Å². The maximum Gasteiger partial charge on any atom is 0.495 e. The third-order valence-electron chi connectivity index (χ3n) is 3.39. The molecule has 16 heavy (non-hydrogen) atoms. The van der Waals surface area contributed by atoms with Crippen LogP contribution in [0.4, 0.5) is 0 Å². The summed E-state index contributed by atoms with van der Waals surface area (Å²) < 4.78 is 11.9. The zero-order valence-electron chi connectivity index (χ0n) is 10.2. The van der Waals surface area contributed by atoms with E-state index >= 15 is 0 Å². The predicted molar refractivity (Wildman–Crippen MR) is 69.3 cm³/mol. The highest BCUT2D eigenvalue weighted by atomic mass is 31.0. The molecule has 0 spiro atoms. The van der Waals surface area contributed by atoms with E-state index in [4.69, 9.17) is 9.31 Å². The summed E-state index contributed by atoms with van der Waals surface area (Å²) in [5.74, 6) is 0. The molecule has 0 aliphatic carbocycles. The van der Waals surface area contributed by atoms with E-state index in [-0.39, 0.29) is 18.3 Å². The van der Waals surface area contributed by atoms with Crippen LogP contribution in [-0.4, -0.2) is 23.3 Å². The summed E-state index contributed by atoms with van der Waals surface area (Å²) in [5.41, 5.74) is 0.439. The highest BCUT2D eigenvalue weighted by molar-refractivity contribution is 7.28. The van der Waals surface area contributed by atoms with E-state index in [1.54, 1.807) is 12.4 Å². The van der Waals surface area contributed by atoms with Crippen molar-refractivity contribution in [3.63, 3.8) is 0 Å². The van der Waals surface area contributed by atoms with Gasteiger partial charge in [0.2, 0.25) is 0 Å². The smallest absolute Gasteiger partial charge is 0.399 e. The van der Waals surface area contributed by atoms with Crippen LogP contribution in [0.25, 0.3) is 0 Å². The first-order chi connectivity index (χ1) is 7.33. The summed E-state index contributed by atoms with van der Waals surface area (Å²) in [5, 5.41) is 1.01. The number of hydrogen-bond donors (Lipinski definition) is 0. The van der Waals surface area contributed by atoms with Crippen LogP contribution in [0.3, 0.4) is 0 Å². The highest BCUT2D eigenvalue weighted by Crippen LogP contribution is 2.36. The maximum atomic E-state index is 5.97. The van der Waals surface area contributed by atoms with Crippen LogP contribution in [0.15, 0.2) is 18.5 Å². The minimum absolute atomic E-state index is 0.294. The Morgan fingerprint density at radius 3 is 2.25 bits per heavy atom. The molecule has 1 aliphatic heterocycles. The quantitative estimate of drug-likeness (QED) is 0.536. The van der Waals surface area contributed by atoms with Gasteiger partial charge in [-0.1, -0.05) is 0 Å². The summed E-state index contributed by atoms with van der Waals surface area (Å²) in [6.07, 6.45) is 3.55. The van der Waals surface area contributed by atoms with E-state index < -0.39 is 0 Å². The molecule has 1 saturated heterocycles. The molecule has 0 aromatic carbocycles. The fourth-order valence-corrected chi connectivity index (χ4v) is 1.92. The molecule has 2 heterocycles. The monoisotopic (exact) mass is 237 g/mol. The number of nitrogens with zero attached hydrogens (tertiary/aromatic N) is 1.